The van der Waals surface area contributed by atoms with Crippen LogP contribution >= 0.6 is 0 Å². The predicted molar refractivity (Wildman–Crippen MR) is 88.0 cm³/mol. The molecule has 126 valence electrons. The third-order valence-electron chi connectivity index (χ3n) is 4.78. The summed E-state index contributed by atoms with van der Waals surface area (Å²) in [4.78, 5) is 14.5. The SMILES string of the molecule is Cc1ccc(N2CC(CNC(=O)c3onc4c3CCCC4)C2)nn1. The van der Waals surface area contributed by atoms with Gasteiger partial charge >= 0.3 is 0 Å². The summed E-state index contributed by atoms with van der Waals surface area (Å²) >= 11 is 0. The van der Waals surface area contributed by atoms with Gasteiger partial charge in [-0.3, -0.25) is 4.79 Å². The minimum absolute atomic E-state index is 0.140. The Morgan fingerprint density at radius 1 is 1.29 bits per heavy atom. The van der Waals surface area contributed by atoms with Crippen molar-refractivity contribution in [2.24, 2.45) is 5.92 Å². The second-order valence-corrected chi connectivity index (χ2v) is 6.66. The van der Waals surface area contributed by atoms with Crippen LogP contribution in [0.1, 0.15) is 40.3 Å². The zero-order chi connectivity index (χ0) is 16.5. The van der Waals surface area contributed by atoms with Crippen molar-refractivity contribution < 1.29 is 9.32 Å². The first-order valence-electron chi connectivity index (χ1n) is 8.51. The van der Waals surface area contributed by atoms with E-state index in [1.807, 2.05) is 19.1 Å². The van der Waals surface area contributed by atoms with Crippen molar-refractivity contribution in [3.05, 3.63) is 34.8 Å². The van der Waals surface area contributed by atoms with E-state index in [1.165, 1.54) is 0 Å². The van der Waals surface area contributed by atoms with E-state index in [-0.39, 0.29) is 5.91 Å². The van der Waals surface area contributed by atoms with Gasteiger partial charge in [-0.25, -0.2) is 0 Å². The highest BCUT2D eigenvalue weighted by molar-refractivity contribution is 5.93. The summed E-state index contributed by atoms with van der Waals surface area (Å²) in [6.07, 6.45) is 4.04. The van der Waals surface area contributed by atoms with Gasteiger partial charge in [0.05, 0.1) is 11.4 Å². The van der Waals surface area contributed by atoms with Gasteiger partial charge in [0.2, 0.25) is 5.76 Å². The highest BCUT2D eigenvalue weighted by Crippen LogP contribution is 2.24. The van der Waals surface area contributed by atoms with Gasteiger partial charge in [-0.1, -0.05) is 5.16 Å². The molecular weight excluding hydrogens is 306 g/mol. The molecule has 1 fully saturated rings. The highest BCUT2D eigenvalue weighted by Gasteiger charge is 2.30. The number of nitrogens with one attached hydrogen (secondary N) is 1. The van der Waals surface area contributed by atoms with E-state index in [2.05, 4.69) is 25.6 Å². The maximum atomic E-state index is 12.3. The first kappa shape index (κ1) is 15.1. The smallest absolute Gasteiger partial charge is 0.290 e. The Balaban J connectivity index is 1.28. The van der Waals surface area contributed by atoms with E-state index in [4.69, 9.17) is 4.52 Å². The molecule has 7 heteroatoms. The predicted octanol–water partition coefficient (Wildman–Crippen LogP) is 1.52. The van der Waals surface area contributed by atoms with Crippen molar-refractivity contribution in [2.75, 3.05) is 24.5 Å². The first-order chi connectivity index (χ1) is 11.7. The Morgan fingerprint density at radius 2 is 2.12 bits per heavy atom. The quantitative estimate of drug-likeness (QED) is 0.916. The molecular formula is C17H21N5O2. The Labute approximate surface area is 140 Å². The van der Waals surface area contributed by atoms with Gasteiger partial charge in [-0.05, 0) is 44.7 Å². The van der Waals surface area contributed by atoms with E-state index in [0.717, 1.165) is 61.5 Å². The van der Waals surface area contributed by atoms with E-state index >= 15 is 0 Å². The number of amides is 1. The van der Waals surface area contributed by atoms with Gasteiger partial charge in [-0.2, -0.15) is 5.10 Å². The molecule has 0 aromatic carbocycles. The number of nitrogens with zero attached hydrogens (tertiary/aromatic N) is 4. The molecule has 0 unspecified atom stereocenters. The van der Waals surface area contributed by atoms with Crippen LogP contribution in [0.15, 0.2) is 16.7 Å². The fourth-order valence-electron chi connectivity index (χ4n) is 3.33. The second kappa shape index (κ2) is 6.22. The first-order valence-corrected chi connectivity index (χ1v) is 8.51. The van der Waals surface area contributed by atoms with Crippen LogP contribution in [0.25, 0.3) is 0 Å². The summed E-state index contributed by atoms with van der Waals surface area (Å²) < 4.78 is 5.27. The lowest BCUT2D eigenvalue weighted by molar-refractivity contribution is 0.0906. The van der Waals surface area contributed by atoms with E-state index < -0.39 is 0 Å². The topological polar surface area (TPSA) is 84.2 Å². The van der Waals surface area contributed by atoms with Crippen molar-refractivity contribution in [3.8, 4) is 0 Å². The molecule has 1 amide bonds. The molecule has 0 spiro atoms. The normalized spacial score (nSPS) is 17.3. The largest absolute Gasteiger partial charge is 0.354 e. The maximum Gasteiger partial charge on any atom is 0.290 e. The number of carbonyl (C=O) groups excluding carboxylic acids is 1. The minimum Gasteiger partial charge on any atom is -0.354 e. The van der Waals surface area contributed by atoms with Crippen molar-refractivity contribution in [1.29, 1.82) is 0 Å². The van der Waals surface area contributed by atoms with Gasteiger partial charge in [0.15, 0.2) is 5.82 Å². The molecule has 2 aromatic rings. The van der Waals surface area contributed by atoms with Gasteiger partial charge in [0.1, 0.15) is 0 Å². The van der Waals surface area contributed by atoms with Crippen LogP contribution in [0.3, 0.4) is 0 Å². The fraction of sp³-hybridized carbons (Fsp3) is 0.529. The van der Waals surface area contributed by atoms with Crippen molar-refractivity contribution in [3.63, 3.8) is 0 Å². The Kier molecular flexibility index (Phi) is 3.92. The Bertz CT molecular complexity index is 734. The minimum atomic E-state index is -0.140. The van der Waals surface area contributed by atoms with Crippen LogP contribution in [-0.4, -0.2) is 40.9 Å². The van der Waals surface area contributed by atoms with Crippen molar-refractivity contribution in [2.45, 2.75) is 32.6 Å². The molecule has 24 heavy (non-hydrogen) atoms. The third kappa shape index (κ3) is 2.86. The van der Waals surface area contributed by atoms with Crippen molar-refractivity contribution >= 4 is 11.7 Å². The molecule has 4 rings (SSSR count). The maximum absolute atomic E-state index is 12.3. The van der Waals surface area contributed by atoms with Gasteiger partial charge in [-0.15, -0.1) is 5.10 Å². The molecule has 2 aromatic heterocycles. The third-order valence-corrected chi connectivity index (χ3v) is 4.78. The number of hydrogen-bond donors (Lipinski definition) is 1. The van der Waals surface area contributed by atoms with Crippen LogP contribution < -0.4 is 10.2 Å². The molecule has 3 heterocycles. The molecule has 0 radical (unpaired) electrons. The molecule has 1 aliphatic carbocycles. The molecule has 2 aliphatic rings. The summed E-state index contributed by atoms with van der Waals surface area (Å²) in [5.74, 6) is 1.59. The van der Waals surface area contributed by atoms with Crippen LogP contribution in [-0.2, 0) is 12.8 Å². The Hall–Kier alpha value is -2.44. The molecule has 0 bridgehead atoms. The lowest BCUT2D eigenvalue weighted by Crippen LogP contribution is -2.52. The van der Waals surface area contributed by atoms with Gasteiger partial charge < -0.3 is 14.7 Å². The molecule has 1 saturated heterocycles. The van der Waals surface area contributed by atoms with Crippen LogP contribution in [0.4, 0.5) is 5.82 Å². The number of rotatable bonds is 4. The summed E-state index contributed by atoms with van der Waals surface area (Å²) in [6.45, 7) is 4.33. The molecule has 1 N–H and O–H groups in total. The lowest BCUT2D eigenvalue weighted by atomic mass is 9.95. The van der Waals surface area contributed by atoms with Crippen LogP contribution in [0, 0.1) is 12.8 Å². The summed E-state index contributed by atoms with van der Waals surface area (Å²) in [6, 6.07) is 3.95. The molecule has 0 saturated carbocycles. The van der Waals surface area contributed by atoms with Crippen LogP contribution in [0.5, 0.6) is 0 Å². The average Bonchev–Trinajstić information content (AvgIpc) is 2.99. The zero-order valence-electron chi connectivity index (χ0n) is 13.8. The van der Waals surface area contributed by atoms with E-state index in [1.54, 1.807) is 0 Å². The number of aromatic nitrogens is 3. The monoisotopic (exact) mass is 327 g/mol. The standard InChI is InChI=1S/C17H21N5O2/c1-11-6-7-15(20-19-11)22-9-12(10-22)8-18-17(23)16-13-4-2-3-5-14(13)21-24-16/h6-7,12H,2-5,8-10H2,1H3,(H,18,23). The fourth-order valence-corrected chi connectivity index (χ4v) is 3.33. The van der Waals surface area contributed by atoms with E-state index in [0.29, 0.717) is 18.2 Å². The van der Waals surface area contributed by atoms with Crippen LogP contribution in [0.2, 0.25) is 0 Å². The van der Waals surface area contributed by atoms with E-state index in [9.17, 15) is 4.79 Å². The number of hydrogen-bond acceptors (Lipinski definition) is 6. The van der Waals surface area contributed by atoms with Crippen molar-refractivity contribution in [1.82, 2.24) is 20.7 Å². The summed E-state index contributed by atoms with van der Waals surface area (Å²) in [7, 11) is 0. The second-order valence-electron chi connectivity index (χ2n) is 6.66. The average molecular weight is 327 g/mol. The zero-order valence-corrected chi connectivity index (χ0v) is 13.8. The number of fused-ring (bicyclic) bond motifs is 1. The summed E-state index contributed by atoms with van der Waals surface area (Å²) in [5, 5.41) is 15.3. The summed E-state index contributed by atoms with van der Waals surface area (Å²) in [5.41, 5.74) is 2.88. The Morgan fingerprint density at radius 3 is 2.92 bits per heavy atom. The molecule has 0 atom stereocenters. The molecule has 1 aliphatic heterocycles. The van der Waals surface area contributed by atoms with Gasteiger partial charge in [0.25, 0.3) is 5.91 Å². The molecule has 7 nitrogen and oxygen atoms in total. The lowest BCUT2D eigenvalue weighted by Gasteiger charge is -2.39. The highest BCUT2D eigenvalue weighted by atomic mass is 16.5. The number of carbonyl (C=O) groups is 1. The number of anilines is 1. The van der Waals surface area contributed by atoms with Gasteiger partial charge in [0, 0.05) is 31.1 Å². The number of aryl methyl sites for hydroxylation is 2.